The molecule has 32 heavy (non-hydrogen) atoms. The summed E-state index contributed by atoms with van der Waals surface area (Å²) >= 11 is 0. The predicted molar refractivity (Wildman–Crippen MR) is 120 cm³/mol. The lowest BCUT2D eigenvalue weighted by Gasteiger charge is -2.38. The molecule has 2 atom stereocenters. The number of carbonyl (C=O) groups is 3. The van der Waals surface area contributed by atoms with Crippen LogP contribution in [-0.2, 0) is 20.7 Å². The van der Waals surface area contributed by atoms with Crippen LogP contribution in [0, 0.1) is 0 Å². The zero-order chi connectivity index (χ0) is 22.7. The zero-order valence-electron chi connectivity index (χ0n) is 17.8. The highest BCUT2D eigenvalue weighted by atomic mass is 16.5. The van der Waals surface area contributed by atoms with Gasteiger partial charge in [0.15, 0.2) is 0 Å². The Bertz CT molecular complexity index is 1140. The fraction of sp³-hybridized carbons (Fsp3) is 0.292. The van der Waals surface area contributed by atoms with Gasteiger partial charge in [-0.25, -0.2) is 9.69 Å². The molecule has 4 N–H and O–H groups in total. The fourth-order valence-corrected chi connectivity index (χ4v) is 4.23. The average molecular weight is 434 g/mol. The van der Waals surface area contributed by atoms with Gasteiger partial charge in [0.25, 0.3) is 5.91 Å². The van der Waals surface area contributed by atoms with E-state index in [9.17, 15) is 14.4 Å². The zero-order valence-corrected chi connectivity index (χ0v) is 17.8. The van der Waals surface area contributed by atoms with Crippen LogP contribution in [0.25, 0.3) is 10.9 Å². The molecule has 166 valence electrons. The minimum absolute atomic E-state index is 0.0965. The van der Waals surface area contributed by atoms with E-state index >= 15 is 0 Å². The van der Waals surface area contributed by atoms with Crippen molar-refractivity contribution in [2.75, 3.05) is 13.7 Å². The smallest absolute Gasteiger partial charge is 0.347 e. The van der Waals surface area contributed by atoms with Crippen LogP contribution in [0.1, 0.15) is 28.8 Å². The van der Waals surface area contributed by atoms with Crippen LogP contribution in [0.15, 0.2) is 60.8 Å². The Labute approximate surface area is 185 Å². The summed E-state index contributed by atoms with van der Waals surface area (Å²) < 4.78 is 5.02. The van der Waals surface area contributed by atoms with Crippen LogP contribution in [0.2, 0.25) is 0 Å². The molecule has 8 heteroatoms. The summed E-state index contributed by atoms with van der Waals surface area (Å²) in [5.41, 5.74) is 6.44. The Morgan fingerprint density at radius 3 is 2.53 bits per heavy atom. The SMILES string of the molecule is COC(=O)[C@](N)(Cc1c[nH]c2ccccc12)N(C(=O)c1ccccc1)C(=O)[C@@H]1CCCN1. The molecule has 1 aliphatic rings. The van der Waals surface area contributed by atoms with Crippen molar-refractivity contribution >= 4 is 28.7 Å². The number of amides is 2. The van der Waals surface area contributed by atoms with E-state index in [-0.39, 0.29) is 12.0 Å². The van der Waals surface area contributed by atoms with Crippen molar-refractivity contribution in [3.63, 3.8) is 0 Å². The van der Waals surface area contributed by atoms with Gasteiger partial charge in [0, 0.05) is 29.1 Å². The van der Waals surface area contributed by atoms with Gasteiger partial charge in [0.1, 0.15) is 0 Å². The summed E-state index contributed by atoms with van der Waals surface area (Å²) in [5.74, 6) is -2.04. The van der Waals surface area contributed by atoms with Gasteiger partial charge >= 0.3 is 5.97 Å². The number of nitrogens with zero attached hydrogens (tertiary/aromatic N) is 1. The molecule has 2 amide bonds. The van der Waals surface area contributed by atoms with E-state index in [1.807, 2.05) is 24.3 Å². The third-order valence-corrected chi connectivity index (χ3v) is 5.88. The van der Waals surface area contributed by atoms with Gasteiger partial charge in [-0.05, 0) is 43.1 Å². The van der Waals surface area contributed by atoms with E-state index in [4.69, 9.17) is 10.5 Å². The lowest BCUT2D eigenvalue weighted by Crippen LogP contribution is -2.69. The standard InChI is InChI=1S/C24H26N4O4/c1-32-23(31)24(25,14-17-15-27-19-11-6-5-10-18(17)19)28(22(30)20-12-7-13-26-20)21(29)16-8-3-2-4-9-16/h2-6,8-11,15,20,26-27H,7,12-14,25H2,1H3/t20-,24-/m0/s1. The minimum atomic E-state index is -2.03. The molecule has 0 spiro atoms. The van der Waals surface area contributed by atoms with Crippen molar-refractivity contribution in [2.45, 2.75) is 31.0 Å². The molecule has 4 rings (SSSR count). The topological polar surface area (TPSA) is 118 Å². The van der Waals surface area contributed by atoms with Crippen LogP contribution >= 0.6 is 0 Å². The Kier molecular flexibility index (Phi) is 6.07. The van der Waals surface area contributed by atoms with Gasteiger partial charge in [-0.15, -0.1) is 0 Å². The highest BCUT2D eigenvalue weighted by Gasteiger charge is 2.50. The molecule has 2 aromatic carbocycles. The highest BCUT2D eigenvalue weighted by Crippen LogP contribution is 2.27. The quantitative estimate of drug-likeness (QED) is 0.310. The number of fused-ring (bicyclic) bond motifs is 1. The lowest BCUT2D eigenvalue weighted by atomic mass is 9.95. The molecule has 0 bridgehead atoms. The lowest BCUT2D eigenvalue weighted by molar-refractivity contribution is -0.159. The molecular weight excluding hydrogens is 408 g/mol. The second-order valence-electron chi connectivity index (χ2n) is 7.95. The Morgan fingerprint density at radius 1 is 1.12 bits per heavy atom. The first kappa shape index (κ1) is 21.7. The Morgan fingerprint density at radius 2 is 1.84 bits per heavy atom. The van der Waals surface area contributed by atoms with E-state index in [0.29, 0.717) is 18.5 Å². The summed E-state index contributed by atoms with van der Waals surface area (Å²) in [7, 11) is 1.20. The maximum atomic E-state index is 13.6. The van der Waals surface area contributed by atoms with Gasteiger partial charge in [-0.1, -0.05) is 36.4 Å². The number of hydrogen-bond acceptors (Lipinski definition) is 6. The van der Waals surface area contributed by atoms with E-state index < -0.39 is 29.5 Å². The number of methoxy groups -OCH3 is 1. The number of ether oxygens (including phenoxy) is 1. The van der Waals surface area contributed by atoms with Crippen LogP contribution in [0.4, 0.5) is 0 Å². The third kappa shape index (κ3) is 3.90. The molecule has 3 aromatic rings. The number of aromatic amines is 1. The first-order valence-electron chi connectivity index (χ1n) is 10.5. The molecule has 1 aliphatic heterocycles. The summed E-state index contributed by atoms with van der Waals surface area (Å²) in [6.45, 7) is 0.655. The van der Waals surface area contributed by atoms with Crippen molar-refractivity contribution < 1.29 is 19.1 Å². The van der Waals surface area contributed by atoms with Crippen molar-refractivity contribution in [3.8, 4) is 0 Å². The van der Waals surface area contributed by atoms with Crippen molar-refractivity contribution in [1.82, 2.24) is 15.2 Å². The normalized spacial score (nSPS) is 17.6. The fourth-order valence-electron chi connectivity index (χ4n) is 4.23. The van der Waals surface area contributed by atoms with Gasteiger partial charge < -0.3 is 15.0 Å². The number of esters is 1. The Balaban J connectivity index is 1.81. The third-order valence-electron chi connectivity index (χ3n) is 5.88. The van der Waals surface area contributed by atoms with Gasteiger partial charge in [0.2, 0.25) is 11.6 Å². The summed E-state index contributed by atoms with van der Waals surface area (Å²) in [5, 5.41) is 3.96. The monoisotopic (exact) mass is 434 g/mol. The van der Waals surface area contributed by atoms with Crippen LogP contribution in [0.3, 0.4) is 0 Å². The van der Waals surface area contributed by atoms with Crippen LogP contribution in [-0.4, -0.2) is 53.0 Å². The highest BCUT2D eigenvalue weighted by molar-refractivity contribution is 6.09. The summed E-state index contributed by atoms with van der Waals surface area (Å²) in [6, 6.07) is 15.3. The van der Waals surface area contributed by atoms with Gasteiger partial charge in [0.05, 0.1) is 13.2 Å². The number of aromatic nitrogens is 1. The molecule has 0 aliphatic carbocycles. The molecule has 0 saturated carbocycles. The number of para-hydroxylation sites is 1. The molecule has 1 fully saturated rings. The van der Waals surface area contributed by atoms with E-state index in [2.05, 4.69) is 10.3 Å². The summed E-state index contributed by atoms with van der Waals surface area (Å²) in [4.78, 5) is 44.3. The number of rotatable bonds is 6. The maximum Gasteiger partial charge on any atom is 0.347 e. The van der Waals surface area contributed by atoms with Crippen molar-refractivity contribution in [1.29, 1.82) is 0 Å². The van der Waals surface area contributed by atoms with E-state index in [1.54, 1.807) is 36.5 Å². The molecule has 1 aromatic heterocycles. The number of imide groups is 1. The van der Waals surface area contributed by atoms with Crippen LogP contribution < -0.4 is 11.1 Å². The Hall–Kier alpha value is -3.49. The van der Waals surface area contributed by atoms with E-state index in [0.717, 1.165) is 22.2 Å². The number of hydrogen-bond donors (Lipinski definition) is 3. The minimum Gasteiger partial charge on any atom is -0.466 e. The van der Waals surface area contributed by atoms with Crippen molar-refractivity contribution in [2.24, 2.45) is 5.73 Å². The number of nitrogens with one attached hydrogen (secondary N) is 2. The first-order chi connectivity index (χ1) is 15.5. The number of nitrogens with two attached hydrogens (primary N) is 1. The van der Waals surface area contributed by atoms with Crippen LogP contribution in [0.5, 0.6) is 0 Å². The second-order valence-corrected chi connectivity index (χ2v) is 7.95. The van der Waals surface area contributed by atoms with Gasteiger partial charge in [-0.3, -0.25) is 15.3 Å². The summed E-state index contributed by atoms with van der Waals surface area (Å²) in [6.07, 6.45) is 2.99. The molecule has 1 saturated heterocycles. The van der Waals surface area contributed by atoms with Crippen molar-refractivity contribution in [3.05, 3.63) is 71.9 Å². The predicted octanol–water partition coefficient (Wildman–Crippen LogP) is 1.96. The average Bonchev–Trinajstić information content (AvgIpc) is 3.50. The first-order valence-corrected chi connectivity index (χ1v) is 10.5. The second kappa shape index (κ2) is 8.94. The van der Waals surface area contributed by atoms with E-state index in [1.165, 1.54) is 7.11 Å². The van der Waals surface area contributed by atoms with Gasteiger partial charge in [-0.2, -0.15) is 0 Å². The molecule has 0 radical (unpaired) electrons. The maximum absolute atomic E-state index is 13.6. The molecule has 0 unspecified atom stereocenters. The number of H-pyrrole nitrogens is 1. The molecular formula is C24H26N4O4. The molecule has 8 nitrogen and oxygen atoms in total. The number of carbonyl (C=O) groups excluding carboxylic acids is 3. The molecule has 2 heterocycles. The largest absolute Gasteiger partial charge is 0.466 e. The number of benzene rings is 2.